The van der Waals surface area contributed by atoms with Crippen molar-refractivity contribution in [1.29, 1.82) is 0 Å². The largest absolute Gasteiger partial charge is 0.456 e. The number of hydrogen-bond acceptors (Lipinski definition) is 1. The molecule has 8 aromatic rings. The molecule has 67 heavy (non-hydrogen) atoms. The summed E-state index contributed by atoms with van der Waals surface area (Å²) >= 11 is 0. The Kier molecular flexibility index (Phi) is 24.5. The van der Waals surface area contributed by atoms with Gasteiger partial charge < -0.3 is 4.42 Å². The molecule has 0 saturated carbocycles. The van der Waals surface area contributed by atoms with E-state index in [-0.39, 0.29) is 0 Å². The van der Waals surface area contributed by atoms with Gasteiger partial charge in [-0.25, -0.2) is 0 Å². The van der Waals surface area contributed by atoms with Gasteiger partial charge in [0.25, 0.3) is 0 Å². The highest BCUT2D eigenvalue weighted by Crippen LogP contribution is 2.39. The fourth-order valence-electron chi connectivity index (χ4n) is 7.24. The van der Waals surface area contributed by atoms with E-state index in [0.717, 1.165) is 11.2 Å². The van der Waals surface area contributed by atoms with E-state index in [4.69, 9.17) is 4.42 Å². The van der Waals surface area contributed by atoms with E-state index in [2.05, 4.69) is 247 Å². The summed E-state index contributed by atoms with van der Waals surface area (Å²) in [7, 11) is 0. The zero-order chi connectivity index (χ0) is 49.1. The van der Waals surface area contributed by atoms with Gasteiger partial charge in [0.05, 0.1) is 0 Å². The highest BCUT2D eigenvalue weighted by atomic mass is 16.3. The molecule has 0 saturated heterocycles. The first-order valence-electron chi connectivity index (χ1n) is 24.6. The summed E-state index contributed by atoms with van der Waals surface area (Å²) in [5, 5.41) is 2.41. The molecule has 0 bridgehead atoms. The summed E-state index contributed by atoms with van der Waals surface area (Å²) in [6, 6.07) is 57.3. The molecule has 350 valence electrons. The molecule has 1 aliphatic carbocycles. The molecule has 0 amide bonds. The standard InChI is InChI=1S/C20H16O.C17H20.C13H12.C8H10.2C3H8.C2H6/c1-13-7-3-4-8-15(13)19-14(2)11-12-18-20(19)16-9-5-6-10-17(16)21-18;1-13-8-10-16(11-9-13)15(3)12-17-7-5-4-6-14(17)2;1-11-7-9-13(10-8-11)12-5-3-2-4-6-12;1-7-3-5-8(2)6-4-7;2*1-3-2;1-2/h3-12H,1-2H3;5,7-12H,4,6H2,1-3H3;2-10H,1H3;3-6H,1-2H3;2*3H2,1-2H3;1-2H3/b;15-12+;;;;;. The van der Waals surface area contributed by atoms with Gasteiger partial charge in [-0.2, -0.15) is 0 Å². The topological polar surface area (TPSA) is 13.1 Å². The fraction of sp³-hybridized carbons (Fsp3) is 0.273. The van der Waals surface area contributed by atoms with Crippen molar-refractivity contribution in [3.05, 3.63) is 232 Å². The molecule has 0 radical (unpaired) electrons. The van der Waals surface area contributed by atoms with Crippen LogP contribution in [-0.2, 0) is 0 Å². The van der Waals surface area contributed by atoms with Crippen molar-refractivity contribution in [2.45, 2.75) is 123 Å². The molecule has 0 N–H and O–H groups in total. The van der Waals surface area contributed by atoms with Crippen molar-refractivity contribution in [2.75, 3.05) is 0 Å². The Hall–Kier alpha value is -6.44. The van der Waals surface area contributed by atoms with Gasteiger partial charge in [-0.15, -0.1) is 0 Å². The van der Waals surface area contributed by atoms with E-state index in [1.54, 1.807) is 0 Å². The Morgan fingerprint density at radius 1 is 0.493 bits per heavy atom. The van der Waals surface area contributed by atoms with Crippen molar-refractivity contribution in [3.63, 3.8) is 0 Å². The number of aryl methyl sites for hydroxylation is 6. The summed E-state index contributed by atoms with van der Waals surface area (Å²) in [4.78, 5) is 0. The second kappa shape index (κ2) is 30.0. The van der Waals surface area contributed by atoms with Gasteiger partial charge in [0.15, 0.2) is 0 Å². The number of fused-ring (bicyclic) bond motifs is 3. The molecule has 9 rings (SSSR count). The maximum atomic E-state index is 6.01. The normalized spacial score (nSPS) is 11.4. The van der Waals surface area contributed by atoms with Gasteiger partial charge in [-0.3, -0.25) is 0 Å². The lowest BCUT2D eigenvalue weighted by Crippen LogP contribution is -1.90. The summed E-state index contributed by atoms with van der Waals surface area (Å²) in [5.41, 5.74) is 20.4. The molecule has 1 aromatic heterocycles. The minimum absolute atomic E-state index is 0.952. The SMILES string of the molecule is CC.CC1=C(/C=C(\C)c2ccc(C)cc2)C=CCC1.CCC.CCC.Cc1ccc(-c2ccccc2)cc1.Cc1ccc(C)cc1.Cc1ccccc1-c1c(C)ccc2oc3ccccc3c12. The number of allylic oxidation sites excluding steroid dienone is 6. The molecular weight excluding hydrogens is 809 g/mol. The van der Waals surface area contributed by atoms with Crippen LogP contribution in [0.5, 0.6) is 0 Å². The van der Waals surface area contributed by atoms with Crippen molar-refractivity contribution < 1.29 is 4.42 Å². The summed E-state index contributed by atoms with van der Waals surface area (Å²) in [6.07, 6.45) is 11.7. The van der Waals surface area contributed by atoms with E-state index in [1.165, 1.54) is 114 Å². The lowest BCUT2D eigenvalue weighted by Gasteiger charge is -2.10. The quantitative estimate of drug-likeness (QED) is 0.172. The molecule has 1 aliphatic rings. The zero-order valence-corrected chi connectivity index (χ0v) is 43.6. The summed E-state index contributed by atoms with van der Waals surface area (Å²) in [5.74, 6) is 0. The lowest BCUT2D eigenvalue weighted by atomic mass is 9.92. The van der Waals surface area contributed by atoms with Gasteiger partial charge in [-0.1, -0.05) is 252 Å². The average Bonchev–Trinajstić information content (AvgIpc) is 3.72. The summed E-state index contributed by atoms with van der Waals surface area (Å²) < 4.78 is 6.01. The molecule has 0 fully saturated rings. The first-order chi connectivity index (χ1) is 32.4. The smallest absolute Gasteiger partial charge is 0.136 e. The molecule has 7 aromatic carbocycles. The van der Waals surface area contributed by atoms with Crippen LogP contribution in [0.25, 0.3) is 49.8 Å². The van der Waals surface area contributed by atoms with Crippen molar-refractivity contribution in [2.24, 2.45) is 0 Å². The molecule has 0 atom stereocenters. The molecule has 0 aliphatic heterocycles. The van der Waals surface area contributed by atoms with E-state index in [9.17, 15) is 0 Å². The zero-order valence-electron chi connectivity index (χ0n) is 43.6. The van der Waals surface area contributed by atoms with Crippen molar-refractivity contribution in [3.8, 4) is 22.3 Å². The van der Waals surface area contributed by atoms with Crippen LogP contribution in [0, 0.1) is 41.5 Å². The maximum absolute atomic E-state index is 6.01. The summed E-state index contributed by atoms with van der Waals surface area (Å²) in [6.45, 7) is 29.7. The second-order valence-corrected chi connectivity index (χ2v) is 17.2. The Morgan fingerprint density at radius 3 is 1.52 bits per heavy atom. The van der Waals surface area contributed by atoms with Crippen LogP contribution in [0.4, 0.5) is 0 Å². The van der Waals surface area contributed by atoms with Crippen LogP contribution in [0.1, 0.15) is 120 Å². The van der Waals surface area contributed by atoms with Crippen LogP contribution < -0.4 is 0 Å². The Bertz CT molecular complexity index is 2690. The van der Waals surface area contributed by atoms with E-state index in [1.807, 2.05) is 32.0 Å². The highest BCUT2D eigenvalue weighted by molar-refractivity contribution is 6.13. The predicted molar refractivity (Wildman–Crippen MR) is 300 cm³/mol. The number of hydrogen-bond donors (Lipinski definition) is 0. The second-order valence-electron chi connectivity index (χ2n) is 17.2. The van der Waals surface area contributed by atoms with Crippen molar-refractivity contribution in [1.82, 2.24) is 0 Å². The first kappa shape index (κ1) is 54.9. The van der Waals surface area contributed by atoms with Crippen LogP contribution in [0.2, 0.25) is 0 Å². The number of rotatable bonds is 4. The molecule has 0 unspecified atom stereocenters. The fourth-order valence-corrected chi connectivity index (χ4v) is 7.24. The van der Waals surface area contributed by atoms with E-state index < -0.39 is 0 Å². The lowest BCUT2D eigenvalue weighted by molar-refractivity contribution is 0.669. The van der Waals surface area contributed by atoms with Crippen LogP contribution in [0.3, 0.4) is 0 Å². The predicted octanol–water partition coefficient (Wildman–Crippen LogP) is 20.8. The minimum Gasteiger partial charge on any atom is -0.456 e. The molecule has 0 spiro atoms. The third-order valence-electron chi connectivity index (χ3n) is 10.9. The number of furan rings is 1. The Labute approximate surface area is 407 Å². The van der Waals surface area contributed by atoms with E-state index in [0.29, 0.717) is 0 Å². The molecule has 1 heteroatoms. The van der Waals surface area contributed by atoms with Gasteiger partial charge in [0.2, 0.25) is 0 Å². The maximum Gasteiger partial charge on any atom is 0.136 e. The van der Waals surface area contributed by atoms with Crippen molar-refractivity contribution >= 4 is 27.5 Å². The van der Waals surface area contributed by atoms with Gasteiger partial charge in [0.1, 0.15) is 11.2 Å². The van der Waals surface area contributed by atoms with Crippen LogP contribution in [0.15, 0.2) is 198 Å². The highest BCUT2D eigenvalue weighted by Gasteiger charge is 2.15. The average molecular weight is 889 g/mol. The van der Waals surface area contributed by atoms with Gasteiger partial charge in [-0.05, 0) is 130 Å². The van der Waals surface area contributed by atoms with Crippen LogP contribution in [-0.4, -0.2) is 0 Å². The van der Waals surface area contributed by atoms with E-state index >= 15 is 0 Å². The van der Waals surface area contributed by atoms with Crippen LogP contribution >= 0.6 is 0 Å². The molecule has 1 heterocycles. The number of para-hydroxylation sites is 1. The molecule has 1 nitrogen and oxygen atoms in total. The third kappa shape index (κ3) is 17.7. The molecular formula is C66H80O. The van der Waals surface area contributed by atoms with Gasteiger partial charge >= 0.3 is 0 Å². The first-order valence-corrected chi connectivity index (χ1v) is 24.6. The Balaban J connectivity index is 0.000000234. The third-order valence-corrected chi connectivity index (χ3v) is 10.9. The van der Waals surface area contributed by atoms with Gasteiger partial charge in [0, 0.05) is 10.8 Å². The number of benzene rings is 7. The Morgan fingerprint density at radius 2 is 0.970 bits per heavy atom. The minimum atomic E-state index is 0.952. The monoisotopic (exact) mass is 889 g/mol.